The molecule has 1 unspecified atom stereocenters. The van der Waals surface area contributed by atoms with Crippen molar-refractivity contribution in [2.24, 2.45) is 17.8 Å². The molecule has 2 fully saturated rings. The summed E-state index contributed by atoms with van der Waals surface area (Å²) in [5.41, 5.74) is -0.521. The molecule has 0 amide bonds. The van der Waals surface area contributed by atoms with Gasteiger partial charge in [-0.1, -0.05) is 25.8 Å². The third-order valence-corrected chi connectivity index (χ3v) is 6.17. The van der Waals surface area contributed by atoms with Crippen LogP contribution in [0.15, 0.2) is 12.2 Å². The molecule has 28 heavy (non-hydrogen) atoms. The second-order valence-electron chi connectivity index (χ2n) is 8.13. The number of aldehydes is 1. The lowest BCUT2D eigenvalue weighted by molar-refractivity contribution is -0.150. The normalized spacial score (nSPS) is 32.9. The van der Waals surface area contributed by atoms with Crippen LogP contribution in [0.2, 0.25) is 0 Å². The molecule has 0 aromatic carbocycles. The number of rotatable bonds is 10. The average molecular weight is 395 g/mol. The minimum atomic E-state index is -0.521. The maximum absolute atomic E-state index is 11.6. The van der Waals surface area contributed by atoms with Crippen molar-refractivity contribution in [2.75, 3.05) is 7.11 Å². The summed E-state index contributed by atoms with van der Waals surface area (Å²) in [7, 11) is 1.67. The van der Waals surface area contributed by atoms with Crippen LogP contribution in [-0.4, -0.2) is 43.1 Å². The maximum Gasteiger partial charge on any atom is 0.303 e. The van der Waals surface area contributed by atoms with Crippen LogP contribution in [0.25, 0.3) is 0 Å². The molecule has 2 rings (SSSR count). The summed E-state index contributed by atoms with van der Waals surface area (Å²) >= 11 is 0. The van der Waals surface area contributed by atoms with E-state index in [-0.39, 0.29) is 41.9 Å². The molecule has 6 nitrogen and oxygen atoms in total. The van der Waals surface area contributed by atoms with Gasteiger partial charge >= 0.3 is 11.9 Å². The first-order valence-electron chi connectivity index (χ1n) is 10.4. The number of ether oxygens (including phenoxy) is 3. The predicted octanol–water partition coefficient (Wildman–Crippen LogP) is 3.62. The minimum absolute atomic E-state index is 0.0343. The summed E-state index contributed by atoms with van der Waals surface area (Å²) in [6.45, 7) is 4.95. The maximum atomic E-state index is 11.6. The van der Waals surface area contributed by atoms with Gasteiger partial charge in [-0.3, -0.25) is 9.59 Å². The smallest absolute Gasteiger partial charge is 0.303 e. The fraction of sp³-hybridized carbons (Fsp3) is 0.773. The molecule has 0 N–H and O–H groups in total. The highest BCUT2D eigenvalue weighted by atomic mass is 16.6. The molecule has 2 saturated carbocycles. The molecule has 2 aliphatic carbocycles. The van der Waals surface area contributed by atoms with Gasteiger partial charge in [0.2, 0.25) is 0 Å². The average Bonchev–Trinajstić information content (AvgIpc) is 3.11. The molecule has 6 heteroatoms. The zero-order valence-electron chi connectivity index (χ0n) is 17.5. The van der Waals surface area contributed by atoms with E-state index in [0.717, 1.165) is 38.4 Å². The van der Waals surface area contributed by atoms with Crippen molar-refractivity contribution < 1.29 is 28.6 Å². The summed E-state index contributed by atoms with van der Waals surface area (Å²) < 4.78 is 17.0. The summed E-state index contributed by atoms with van der Waals surface area (Å²) in [4.78, 5) is 34.5. The Morgan fingerprint density at radius 2 is 1.93 bits per heavy atom. The van der Waals surface area contributed by atoms with Crippen LogP contribution in [0.3, 0.4) is 0 Å². The van der Waals surface area contributed by atoms with Crippen LogP contribution in [0.5, 0.6) is 0 Å². The van der Waals surface area contributed by atoms with E-state index in [9.17, 15) is 14.4 Å². The van der Waals surface area contributed by atoms with E-state index in [4.69, 9.17) is 14.2 Å². The Bertz CT molecular complexity index is 586. The largest absolute Gasteiger partial charge is 0.462 e. The van der Waals surface area contributed by atoms with Crippen molar-refractivity contribution in [3.8, 4) is 0 Å². The van der Waals surface area contributed by atoms with E-state index in [2.05, 4.69) is 6.92 Å². The van der Waals surface area contributed by atoms with Gasteiger partial charge in [-0.05, 0) is 44.1 Å². The van der Waals surface area contributed by atoms with Crippen molar-refractivity contribution in [3.63, 3.8) is 0 Å². The first kappa shape index (κ1) is 22.6. The lowest BCUT2D eigenvalue weighted by Gasteiger charge is -2.34. The summed E-state index contributed by atoms with van der Waals surface area (Å²) in [5, 5.41) is 0. The van der Waals surface area contributed by atoms with E-state index < -0.39 is 5.60 Å². The highest BCUT2D eigenvalue weighted by molar-refractivity contribution is 5.66. The molecule has 2 aliphatic rings. The first-order valence-corrected chi connectivity index (χ1v) is 10.4. The Hall–Kier alpha value is -1.69. The number of fused-ring (bicyclic) bond motifs is 1. The zero-order valence-corrected chi connectivity index (χ0v) is 17.5. The second-order valence-corrected chi connectivity index (χ2v) is 8.13. The zero-order chi connectivity index (χ0) is 20.7. The van der Waals surface area contributed by atoms with Crippen molar-refractivity contribution in [1.29, 1.82) is 0 Å². The molecule has 0 saturated heterocycles. The van der Waals surface area contributed by atoms with E-state index in [0.29, 0.717) is 12.8 Å². The SMILES string of the molecule is CCCCCC(C=C[C@H]1[C@H](OC(C)=O)C[C@@H]2C[C@H](C=O)C[C@]21OC)OC(C)=O. The van der Waals surface area contributed by atoms with Gasteiger partial charge in [-0.25, -0.2) is 0 Å². The molecule has 158 valence electrons. The van der Waals surface area contributed by atoms with Gasteiger partial charge < -0.3 is 19.0 Å². The molecule has 0 bridgehead atoms. The Morgan fingerprint density at radius 1 is 1.18 bits per heavy atom. The number of carbonyl (C=O) groups is 3. The van der Waals surface area contributed by atoms with Gasteiger partial charge in [0.1, 0.15) is 18.5 Å². The minimum Gasteiger partial charge on any atom is -0.462 e. The number of methoxy groups -OCH3 is 1. The molecule has 0 heterocycles. The summed E-state index contributed by atoms with van der Waals surface area (Å²) in [5.74, 6) is -0.663. The molecular formula is C22H34O6. The molecule has 0 aromatic heterocycles. The predicted molar refractivity (Wildman–Crippen MR) is 105 cm³/mol. The van der Waals surface area contributed by atoms with E-state index in [1.54, 1.807) is 7.11 Å². The van der Waals surface area contributed by atoms with Crippen molar-refractivity contribution in [3.05, 3.63) is 12.2 Å². The third-order valence-electron chi connectivity index (χ3n) is 6.17. The Morgan fingerprint density at radius 3 is 2.50 bits per heavy atom. The summed E-state index contributed by atoms with van der Waals surface area (Å²) in [6, 6.07) is 0. The molecule has 6 atom stereocenters. The fourth-order valence-electron chi connectivity index (χ4n) is 5.03. The quantitative estimate of drug-likeness (QED) is 0.244. The van der Waals surface area contributed by atoms with Gasteiger partial charge in [-0.2, -0.15) is 0 Å². The van der Waals surface area contributed by atoms with Gasteiger partial charge in [0.05, 0.1) is 5.60 Å². The number of hydrogen-bond donors (Lipinski definition) is 0. The second kappa shape index (κ2) is 10.2. The van der Waals surface area contributed by atoms with Crippen LogP contribution in [-0.2, 0) is 28.6 Å². The third kappa shape index (κ3) is 5.22. The Labute approximate surface area is 168 Å². The van der Waals surface area contributed by atoms with E-state index in [1.165, 1.54) is 13.8 Å². The van der Waals surface area contributed by atoms with Crippen molar-refractivity contribution in [2.45, 2.75) is 83.5 Å². The van der Waals surface area contributed by atoms with Crippen molar-refractivity contribution >= 4 is 18.2 Å². The number of hydrogen-bond acceptors (Lipinski definition) is 6. The van der Waals surface area contributed by atoms with E-state index in [1.807, 2.05) is 12.2 Å². The Kier molecular flexibility index (Phi) is 8.23. The van der Waals surface area contributed by atoms with Gasteiger partial charge in [-0.15, -0.1) is 0 Å². The molecule has 0 aliphatic heterocycles. The van der Waals surface area contributed by atoms with Gasteiger partial charge in [0.15, 0.2) is 0 Å². The number of unbranched alkanes of at least 4 members (excludes halogenated alkanes) is 2. The molecule has 0 spiro atoms. The van der Waals surface area contributed by atoms with E-state index >= 15 is 0 Å². The monoisotopic (exact) mass is 394 g/mol. The Balaban J connectivity index is 2.23. The summed E-state index contributed by atoms with van der Waals surface area (Å²) in [6.07, 6.45) is 10.3. The van der Waals surface area contributed by atoms with Crippen LogP contribution >= 0.6 is 0 Å². The van der Waals surface area contributed by atoms with Crippen LogP contribution in [0, 0.1) is 17.8 Å². The van der Waals surface area contributed by atoms with Gasteiger partial charge in [0, 0.05) is 32.8 Å². The topological polar surface area (TPSA) is 78.9 Å². The lowest BCUT2D eigenvalue weighted by atomic mass is 9.84. The lowest BCUT2D eigenvalue weighted by Crippen LogP contribution is -2.41. The van der Waals surface area contributed by atoms with Crippen LogP contribution in [0.1, 0.15) is 65.7 Å². The molecular weight excluding hydrogens is 360 g/mol. The molecule has 0 radical (unpaired) electrons. The number of carbonyl (C=O) groups excluding carboxylic acids is 3. The van der Waals surface area contributed by atoms with Crippen molar-refractivity contribution in [1.82, 2.24) is 0 Å². The highest BCUT2D eigenvalue weighted by Gasteiger charge is 2.60. The fourth-order valence-corrected chi connectivity index (χ4v) is 5.03. The standard InChI is InChI=1S/C22H34O6/c1-5-6-7-8-19(27-15(2)24)9-10-20-21(28-16(3)25)12-18-11-17(14-23)13-22(18,20)26-4/h9-10,14,17-21H,5-8,11-13H2,1-4H3/t17-,18-,19?,20-,21+,22-/m0/s1. The first-order chi connectivity index (χ1) is 13.4. The molecule has 0 aromatic rings. The highest BCUT2D eigenvalue weighted by Crippen LogP contribution is 2.56. The van der Waals surface area contributed by atoms with Crippen LogP contribution in [0.4, 0.5) is 0 Å². The van der Waals surface area contributed by atoms with Crippen LogP contribution < -0.4 is 0 Å². The van der Waals surface area contributed by atoms with Gasteiger partial charge in [0.25, 0.3) is 0 Å². The number of esters is 2.